The third-order valence-electron chi connectivity index (χ3n) is 6.96. The quantitative estimate of drug-likeness (QED) is 0.924. The number of nitrogens with one attached hydrogen (secondary N) is 1. The van der Waals surface area contributed by atoms with Crippen LogP contribution in [-0.4, -0.2) is 29.9 Å². The van der Waals surface area contributed by atoms with Gasteiger partial charge < -0.3 is 10.2 Å². The fraction of sp³-hybridized carbons (Fsp3) is 0.667. The number of carbonyl (C=O) groups is 1. The summed E-state index contributed by atoms with van der Waals surface area (Å²) in [6, 6.07) is 9.70. The lowest BCUT2D eigenvalue weighted by molar-refractivity contribution is -0.137. The smallest absolute Gasteiger partial charge is 0.227 e. The molecule has 1 heterocycles. The Morgan fingerprint density at radius 1 is 1.12 bits per heavy atom. The number of hydrogen-bond acceptors (Lipinski definition) is 2. The van der Waals surface area contributed by atoms with E-state index in [1.807, 2.05) is 0 Å². The van der Waals surface area contributed by atoms with E-state index >= 15 is 0 Å². The first-order valence-electron chi connectivity index (χ1n) is 9.89. The SMILES string of the molecule is O=C(C1CC12CCNCC2)N(C1CC1)C1CCCc2ccccc21. The molecule has 1 aromatic carbocycles. The van der Waals surface area contributed by atoms with Gasteiger partial charge in [0, 0.05) is 12.0 Å². The van der Waals surface area contributed by atoms with E-state index in [1.54, 1.807) is 0 Å². The minimum Gasteiger partial charge on any atom is -0.332 e. The average molecular weight is 324 g/mol. The molecule has 5 rings (SSSR count). The number of nitrogens with zero attached hydrogens (tertiary/aromatic N) is 1. The molecule has 0 aromatic heterocycles. The molecule has 1 amide bonds. The predicted molar refractivity (Wildman–Crippen MR) is 94.6 cm³/mol. The van der Waals surface area contributed by atoms with Crippen molar-refractivity contribution in [2.45, 2.75) is 63.5 Å². The van der Waals surface area contributed by atoms with Gasteiger partial charge in [0.1, 0.15) is 0 Å². The van der Waals surface area contributed by atoms with Crippen LogP contribution in [0.25, 0.3) is 0 Å². The van der Waals surface area contributed by atoms with Gasteiger partial charge in [0.15, 0.2) is 0 Å². The minimum absolute atomic E-state index is 0.314. The molecule has 1 aromatic rings. The third-order valence-corrected chi connectivity index (χ3v) is 6.96. The molecule has 2 saturated carbocycles. The maximum absolute atomic E-state index is 13.5. The number of carbonyl (C=O) groups excluding carboxylic acids is 1. The van der Waals surface area contributed by atoms with Gasteiger partial charge in [-0.1, -0.05) is 24.3 Å². The lowest BCUT2D eigenvalue weighted by Crippen LogP contribution is -2.41. The number of rotatable bonds is 3. The van der Waals surface area contributed by atoms with Crippen molar-refractivity contribution < 1.29 is 4.79 Å². The Kier molecular flexibility index (Phi) is 3.48. The molecule has 1 aliphatic heterocycles. The summed E-state index contributed by atoms with van der Waals surface area (Å²) in [4.78, 5) is 15.8. The van der Waals surface area contributed by atoms with Crippen LogP contribution in [0.2, 0.25) is 0 Å². The molecule has 1 N–H and O–H groups in total. The van der Waals surface area contributed by atoms with E-state index in [-0.39, 0.29) is 0 Å². The summed E-state index contributed by atoms with van der Waals surface area (Å²) in [7, 11) is 0. The molecule has 3 fully saturated rings. The Morgan fingerprint density at radius 3 is 2.71 bits per heavy atom. The molecule has 4 aliphatic rings. The molecule has 1 spiro atoms. The van der Waals surface area contributed by atoms with E-state index in [0.29, 0.717) is 29.3 Å². The number of hydrogen-bond donors (Lipinski definition) is 1. The van der Waals surface area contributed by atoms with Gasteiger partial charge >= 0.3 is 0 Å². The maximum Gasteiger partial charge on any atom is 0.227 e. The van der Waals surface area contributed by atoms with Crippen molar-refractivity contribution in [2.24, 2.45) is 11.3 Å². The van der Waals surface area contributed by atoms with Gasteiger partial charge in [-0.05, 0) is 81.0 Å². The summed E-state index contributed by atoms with van der Waals surface area (Å²) in [6.45, 7) is 2.19. The fourth-order valence-electron chi connectivity index (χ4n) is 5.31. The van der Waals surface area contributed by atoms with Crippen molar-refractivity contribution in [3.63, 3.8) is 0 Å². The maximum atomic E-state index is 13.5. The molecule has 3 nitrogen and oxygen atoms in total. The molecule has 3 aliphatic carbocycles. The van der Waals surface area contributed by atoms with Crippen LogP contribution < -0.4 is 5.32 Å². The van der Waals surface area contributed by atoms with E-state index in [2.05, 4.69) is 34.5 Å². The topological polar surface area (TPSA) is 32.3 Å². The van der Waals surface area contributed by atoms with E-state index in [4.69, 9.17) is 0 Å². The van der Waals surface area contributed by atoms with E-state index in [0.717, 1.165) is 25.9 Å². The number of aryl methyl sites for hydroxylation is 1. The van der Waals surface area contributed by atoms with Crippen LogP contribution >= 0.6 is 0 Å². The van der Waals surface area contributed by atoms with Crippen LogP contribution in [-0.2, 0) is 11.2 Å². The van der Waals surface area contributed by atoms with Crippen LogP contribution in [0, 0.1) is 11.3 Å². The summed E-state index contributed by atoms with van der Waals surface area (Å²) >= 11 is 0. The standard InChI is InChI=1S/C21H28N2O/c24-20(18-14-21(18)10-12-22-13-11-21)23(16-8-9-16)19-7-3-5-15-4-1-2-6-17(15)19/h1-2,4,6,16,18-19,22H,3,5,7-14H2. The fourth-order valence-corrected chi connectivity index (χ4v) is 5.31. The first-order valence-corrected chi connectivity index (χ1v) is 9.89. The molecule has 128 valence electrons. The summed E-state index contributed by atoms with van der Waals surface area (Å²) in [5.74, 6) is 0.801. The van der Waals surface area contributed by atoms with Gasteiger partial charge in [-0.15, -0.1) is 0 Å². The number of amides is 1. The molecular weight excluding hydrogens is 296 g/mol. The minimum atomic E-state index is 0.314. The van der Waals surface area contributed by atoms with Gasteiger partial charge in [0.05, 0.1) is 6.04 Å². The molecule has 2 atom stereocenters. The summed E-state index contributed by atoms with van der Waals surface area (Å²) < 4.78 is 0. The third kappa shape index (κ3) is 2.40. The lowest BCUT2D eigenvalue weighted by atomic mass is 9.86. The molecule has 0 bridgehead atoms. The van der Waals surface area contributed by atoms with E-state index in [9.17, 15) is 4.79 Å². The van der Waals surface area contributed by atoms with Crippen molar-refractivity contribution >= 4 is 5.91 Å². The van der Waals surface area contributed by atoms with Crippen molar-refractivity contribution in [3.05, 3.63) is 35.4 Å². The van der Waals surface area contributed by atoms with E-state index in [1.165, 1.54) is 49.7 Å². The van der Waals surface area contributed by atoms with Crippen LogP contribution in [0.4, 0.5) is 0 Å². The van der Waals surface area contributed by atoms with Gasteiger partial charge in [0.25, 0.3) is 0 Å². The van der Waals surface area contributed by atoms with Crippen molar-refractivity contribution in [1.82, 2.24) is 10.2 Å². The second-order valence-electron chi connectivity index (χ2n) is 8.45. The van der Waals surface area contributed by atoms with Crippen molar-refractivity contribution in [3.8, 4) is 0 Å². The van der Waals surface area contributed by atoms with Crippen LogP contribution in [0.5, 0.6) is 0 Å². The Balaban J connectivity index is 1.42. The highest BCUT2D eigenvalue weighted by Gasteiger charge is 2.60. The van der Waals surface area contributed by atoms with E-state index < -0.39 is 0 Å². The molecule has 2 unspecified atom stereocenters. The second kappa shape index (κ2) is 5.59. The Bertz CT molecular complexity index is 645. The van der Waals surface area contributed by atoms with Crippen molar-refractivity contribution in [1.29, 1.82) is 0 Å². The molecule has 0 radical (unpaired) electrons. The Morgan fingerprint density at radius 2 is 1.92 bits per heavy atom. The van der Waals surface area contributed by atoms with Crippen molar-refractivity contribution in [2.75, 3.05) is 13.1 Å². The highest BCUT2D eigenvalue weighted by molar-refractivity contribution is 5.84. The first-order chi connectivity index (χ1) is 11.8. The van der Waals surface area contributed by atoms with Crippen LogP contribution in [0.1, 0.15) is 62.1 Å². The summed E-state index contributed by atoms with van der Waals surface area (Å²) in [5.41, 5.74) is 3.26. The first kappa shape index (κ1) is 14.9. The van der Waals surface area contributed by atoms with Gasteiger partial charge in [-0.3, -0.25) is 4.79 Å². The monoisotopic (exact) mass is 324 g/mol. The van der Waals surface area contributed by atoms with Gasteiger partial charge in [0.2, 0.25) is 5.91 Å². The molecule has 3 heteroatoms. The number of piperidine rings is 1. The van der Waals surface area contributed by atoms with Gasteiger partial charge in [-0.2, -0.15) is 0 Å². The Labute approximate surface area is 144 Å². The van der Waals surface area contributed by atoms with Crippen LogP contribution in [0.3, 0.4) is 0 Å². The lowest BCUT2D eigenvalue weighted by Gasteiger charge is -2.37. The zero-order valence-corrected chi connectivity index (χ0v) is 14.5. The van der Waals surface area contributed by atoms with Gasteiger partial charge in [-0.25, -0.2) is 0 Å². The molecule has 1 saturated heterocycles. The normalized spacial score (nSPS) is 30.7. The summed E-state index contributed by atoms with van der Waals surface area (Å²) in [6.07, 6.45) is 9.52. The Hall–Kier alpha value is -1.35. The zero-order chi connectivity index (χ0) is 16.1. The highest BCUT2D eigenvalue weighted by Crippen LogP contribution is 2.60. The number of fused-ring (bicyclic) bond motifs is 1. The van der Waals surface area contributed by atoms with Crippen LogP contribution in [0.15, 0.2) is 24.3 Å². The molecular formula is C21H28N2O. The summed E-state index contributed by atoms with van der Waals surface area (Å²) in [5, 5.41) is 3.46. The largest absolute Gasteiger partial charge is 0.332 e. The molecule has 24 heavy (non-hydrogen) atoms. The zero-order valence-electron chi connectivity index (χ0n) is 14.5. The highest BCUT2D eigenvalue weighted by atomic mass is 16.2. The second-order valence-corrected chi connectivity index (χ2v) is 8.45. The average Bonchev–Trinajstić information content (AvgIpc) is 3.54. The number of benzene rings is 1. The predicted octanol–water partition coefficient (Wildman–Crippen LogP) is 3.44.